The molecule has 2 fully saturated rings. The molecule has 1 saturated heterocycles. The van der Waals surface area contributed by atoms with Gasteiger partial charge in [0.2, 0.25) is 5.91 Å². The van der Waals surface area contributed by atoms with Crippen LogP contribution in [0.3, 0.4) is 0 Å². The number of hydrogen-bond acceptors (Lipinski definition) is 3. The lowest BCUT2D eigenvalue weighted by molar-refractivity contribution is -0.139. The number of alkyl halides is 3. The Bertz CT molecular complexity index is 1020. The van der Waals surface area contributed by atoms with Gasteiger partial charge in [0.1, 0.15) is 0 Å². The highest BCUT2D eigenvalue weighted by atomic mass is 19.4. The van der Waals surface area contributed by atoms with Crippen molar-refractivity contribution in [2.45, 2.75) is 75.1 Å². The van der Waals surface area contributed by atoms with Crippen molar-refractivity contribution >= 4 is 5.91 Å². The van der Waals surface area contributed by atoms with E-state index in [1.165, 1.54) is 6.07 Å². The van der Waals surface area contributed by atoms with E-state index in [1.54, 1.807) is 17.2 Å². The lowest BCUT2D eigenvalue weighted by atomic mass is 9.67. The highest BCUT2D eigenvalue weighted by Gasteiger charge is 2.50. The van der Waals surface area contributed by atoms with Gasteiger partial charge in [0.05, 0.1) is 11.2 Å². The quantitative estimate of drug-likeness (QED) is 0.616. The third-order valence-electron chi connectivity index (χ3n) is 7.76. The van der Waals surface area contributed by atoms with Crippen LogP contribution in [0.25, 0.3) is 0 Å². The number of halogens is 3. The Balaban J connectivity index is 1.40. The van der Waals surface area contributed by atoms with E-state index in [1.807, 2.05) is 18.2 Å². The molecule has 1 amide bonds. The van der Waals surface area contributed by atoms with Gasteiger partial charge in [0, 0.05) is 43.4 Å². The molecule has 3 aliphatic rings. The number of hydrogen-bond donors (Lipinski definition) is 0. The number of benzene rings is 1. The molecule has 7 heteroatoms. The first-order valence-electron chi connectivity index (χ1n) is 11.8. The molecule has 4 nitrogen and oxygen atoms in total. The second-order valence-corrected chi connectivity index (χ2v) is 9.88. The molecule has 1 unspecified atom stereocenters. The number of amides is 1. The minimum atomic E-state index is -4.39. The minimum Gasteiger partial charge on any atom is -0.375 e. The van der Waals surface area contributed by atoms with E-state index in [9.17, 15) is 18.0 Å². The van der Waals surface area contributed by atoms with E-state index in [0.29, 0.717) is 31.6 Å². The molecule has 2 aromatic rings. The van der Waals surface area contributed by atoms with E-state index < -0.39 is 17.2 Å². The number of carbonyl (C=O) groups excluding carboxylic acids is 1. The Morgan fingerprint density at radius 2 is 1.91 bits per heavy atom. The second-order valence-electron chi connectivity index (χ2n) is 9.88. The summed E-state index contributed by atoms with van der Waals surface area (Å²) in [6.07, 6.45) is 4.04. The summed E-state index contributed by atoms with van der Waals surface area (Å²) in [4.78, 5) is 20.0. The first-order valence-corrected chi connectivity index (χ1v) is 11.8. The van der Waals surface area contributed by atoms with Crippen molar-refractivity contribution in [3.05, 3.63) is 65.0 Å². The second kappa shape index (κ2) is 8.42. The zero-order valence-corrected chi connectivity index (χ0v) is 18.7. The highest BCUT2D eigenvalue weighted by molar-refractivity contribution is 5.78. The van der Waals surface area contributed by atoms with Crippen LogP contribution in [0.15, 0.2) is 42.6 Å². The van der Waals surface area contributed by atoms with Gasteiger partial charge in [-0.15, -0.1) is 0 Å². The van der Waals surface area contributed by atoms with E-state index in [-0.39, 0.29) is 18.1 Å². The first-order chi connectivity index (χ1) is 15.8. The van der Waals surface area contributed by atoms with Crippen molar-refractivity contribution in [3.8, 4) is 0 Å². The summed E-state index contributed by atoms with van der Waals surface area (Å²) < 4.78 is 45.9. The predicted molar refractivity (Wildman–Crippen MR) is 117 cm³/mol. The monoisotopic (exact) mass is 458 g/mol. The Morgan fingerprint density at radius 1 is 1.09 bits per heavy atom. The number of aromatic nitrogens is 1. The molecule has 33 heavy (non-hydrogen) atoms. The van der Waals surface area contributed by atoms with Crippen molar-refractivity contribution in [1.29, 1.82) is 0 Å². The van der Waals surface area contributed by atoms with Gasteiger partial charge in [0.15, 0.2) is 0 Å². The Morgan fingerprint density at radius 3 is 2.64 bits per heavy atom. The summed E-state index contributed by atoms with van der Waals surface area (Å²) in [7, 11) is 0. The summed E-state index contributed by atoms with van der Waals surface area (Å²) >= 11 is 0. The molecule has 1 spiro atoms. The maximum atomic E-state index is 13.6. The fourth-order valence-electron chi connectivity index (χ4n) is 6.04. The molecule has 176 valence electrons. The van der Waals surface area contributed by atoms with Crippen LogP contribution in [0.4, 0.5) is 13.2 Å². The third-order valence-corrected chi connectivity index (χ3v) is 7.76. The number of fused-ring (bicyclic) bond motifs is 1. The molecule has 1 aromatic carbocycles. The Kier molecular flexibility index (Phi) is 5.71. The normalized spacial score (nSPS) is 24.6. The average Bonchev–Trinajstić information content (AvgIpc) is 3.25. The fourth-order valence-corrected chi connectivity index (χ4v) is 6.04. The van der Waals surface area contributed by atoms with E-state index in [0.717, 1.165) is 55.8 Å². The summed E-state index contributed by atoms with van der Waals surface area (Å²) in [5, 5.41) is 0. The van der Waals surface area contributed by atoms with Crippen LogP contribution < -0.4 is 0 Å². The molecule has 5 rings (SSSR count). The van der Waals surface area contributed by atoms with Crippen molar-refractivity contribution in [1.82, 2.24) is 9.88 Å². The molecule has 0 N–H and O–H groups in total. The highest BCUT2D eigenvalue weighted by Crippen LogP contribution is 2.50. The third kappa shape index (κ3) is 4.39. The zero-order chi connectivity index (χ0) is 23.1. The molecule has 0 radical (unpaired) electrons. The maximum absolute atomic E-state index is 13.6. The van der Waals surface area contributed by atoms with E-state index in [4.69, 9.17) is 4.74 Å². The van der Waals surface area contributed by atoms with Crippen LogP contribution in [0.5, 0.6) is 0 Å². The van der Waals surface area contributed by atoms with Gasteiger partial charge in [-0.05, 0) is 67.5 Å². The first kappa shape index (κ1) is 22.4. The van der Waals surface area contributed by atoms with Crippen LogP contribution >= 0.6 is 0 Å². The van der Waals surface area contributed by atoms with Crippen LogP contribution in [0, 0.1) is 0 Å². The Labute approximate surface area is 192 Å². The summed E-state index contributed by atoms with van der Waals surface area (Å²) in [6.45, 7) is 1.34. The molecule has 1 atom stereocenters. The SMILES string of the molecule is O=C(CC1(c2ccccn2)CCOC2(CCCC2)C1)N1CCc2ccc(C(F)(F)F)cc2C1. The number of carbonyl (C=O) groups is 1. The molecule has 3 heterocycles. The molecule has 2 aliphatic heterocycles. The number of ether oxygens (including phenoxy) is 1. The van der Waals surface area contributed by atoms with Gasteiger partial charge in [0.25, 0.3) is 0 Å². The topological polar surface area (TPSA) is 42.4 Å². The smallest absolute Gasteiger partial charge is 0.375 e. The molecular weight excluding hydrogens is 429 g/mol. The van der Waals surface area contributed by atoms with Crippen molar-refractivity contribution in [3.63, 3.8) is 0 Å². The number of nitrogens with zero attached hydrogens (tertiary/aromatic N) is 2. The molecular formula is C26H29F3N2O2. The fraction of sp³-hybridized carbons (Fsp3) is 0.538. The Hall–Kier alpha value is -2.41. The zero-order valence-electron chi connectivity index (χ0n) is 18.7. The standard InChI is InChI=1S/C26H29F3N2O2/c27-26(28,29)21-7-6-19-8-13-31(17-20(19)15-21)23(32)16-24(22-5-1-4-12-30-22)11-14-33-25(18-24)9-2-3-10-25/h1,4-7,12,15H,2-3,8-11,13-14,16-18H2. The molecule has 1 aromatic heterocycles. The van der Waals surface area contributed by atoms with Gasteiger partial charge in [-0.3, -0.25) is 9.78 Å². The minimum absolute atomic E-state index is 0.0150. The molecule has 0 bridgehead atoms. The number of rotatable bonds is 3. The van der Waals surface area contributed by atoms with E-state index >= 15 is 0 Å². The van der Waals surface area contributed by atoms with E-state index in [2.05, 4.69) is 4.98 Å². The van der Waals surface area contributed by atoms with Crippen LogP contribution in [0.2, 0.25) is 0 Å². The lowest BCUT2D eigenvalue weighted by Gasteiger charge is -2.46. The van der Waals surface area contributed by atoms with Gasteiger partial charge in [-0.2, -0.15) is 13.2 Å². The maximum Gasteiger partial charge on any atom is 0.416 e. The number of pyridine rings is 1. The molecule has 1 aliphatic carbocycles. The van der Waals surface area contributed by atoms with Crippen molar-refractivity contribution < 1.29 is 22.7 Å². The molecule has 1 saturated carbocycles. The van der Waals surface area contributed by atoms with Crippen LogP contribution in [-0.4, -0.2) is 34.5 Å². The average molecular weight is 459 g/mol. The van der Waals surface area contributed by atoms with Crippen LogP contribution in [0.1, 0.15) is 67.3 Å². The van der Waals surface area contributed by atoms with Crippen LogP contribution in [-0.2, 0) is 34.1 Å². The summed E-state index contributed by atoms with van der Waals surface area (Å²) in [5.74, 6) is -0.0150. The van der Waals surface area contributed by atoms with Crippen molar-refractivity contribution in [2.24, 2.45) is 0 Å². The van der Waals surface area contributed by atoms with Gasteiger partial charge >= 0.3 is 6.18 Å². The summed E-state index contributed by atoms with van der Waals surface area (Å²) in [5.41, 5.74) is 1.15. The van der Waals surface area contributed by atoms with Crippen molar-refractivity contribution in [2.75, 3.05) is 13.2 Å². The lowest BCUT2D eigenvalue weighted by Crippen LogP contribution is -2.49. The van der Waals surface area contributed by atoms with Gasteiger partial charge < -0.3 is 9.64 Å². The predicted octanol–water partition coefficient (Wildman–Crippen LogP) is 5.44. The largest absolute Gasteiger partial charge is 0.416 e. The van der Waals surface area contributed by atoms with Gasteiger partial charge in [-0.1, -0.05) is 25.0 Å². The van der Waals surface area contributed by atoms with Gasteiger partial charge in [-0.25, -0.2) is 0 Å². The summed E-state index contributed by atoms with van der Waals surface area (Å²) in [6, 6.07) is 9.73.